The molecule has 2 aromatic carbocycles. The first-order valence-corrected chi connectivity index (χ1v) is 7.52. The van der Waals surface area contributed by atoms with Gasteiger partial charge in [0.05, 0.1) is 17.8 Å². The van der Waals surface area contributed by atoms with Crippen LogP contribution in [0.2, 0.25) is 0 Å². The van der Waals surface area contributed by atoms with Gasteiger partial charge in [0.2, 0.25) is 0 Å². The summed E-state index contributed by atoms with van der Waals surface area (Å²) in [6, 6.07) is 15.1. The topological polar surface area (TPSA) is 52.9 Å². The van der Waals surface area contributed by atoms with Gasteiger partial charge in [-0.1, -0.05) is 42.5 Å². The maximum atomic E-state index is 11.3. The molecule has 0 saturated heterocycles. The fourth-order valence-electron chi connectivity index (χ4n) is 2.70. The summed E-state index contributed by atoms with van der Waals surface area (Å²) in [5, 5.41) is 9.27. The number of fused-ring (bicyclic) bond motifs is 1. The SMILES string of the molecule is CN1CCN=C(/C=C/c2ccccc2C(=O)O)c2ccccc21. The number of hydrogen-bond acceptors (Lipinski definition) is 3. The molecule has 0 saturated carbocycles. The van der Waals surface area contributed by atoms with Crippen LogP contribution in [0.3, 0.4) is 0 Å². The predicted molar refractivity (Wildman–Crippen MR) is 93.6 cm³/mol. The van der Waals surface area contributed by atoms with E-state index in [0.717, 1.165) is 23.5 Å². The minimum atomic E-state index is -0.923. The van der Waals surface area contributed by atoms with E-state index in [2.05, 4.69) is 23.0 Å². The number of aromatic carboxylic acids is 1. The number of carboxylic acid groups (broad SMARTS) is 1. The molecule has 2 aromatic rings. The van der Waals surface area contributed by atoms with Gasteiger partial charge in [-0.2, -0.15) is 0 Å². The third-order valence-electron chi connectivity index (χ3n) is 3.92. The number of benzodiazepines with no additional fused rings is 1. The summed E-state index contributed by atoms with van der Waals surface area (Å²) < 4.78 is 0. The molecule has 0 spiro atoms. The molecule has 0 fully saturated rings. The van der Waals surface area contributed by atoms with Crippen LogP contribution in [-0.2, 0) is 0 Å². The lowest BCUT2D eigenvalue weighted by Gasteiger charge is -2.18. The Kier molecular flexibility index (Phi) is 4.24. The van der Waals surface area contributed by atoms with Crippen molar-refractivity contribution in [3.63, 3.8) is 0 Å². The number of rotatable bonds is 3. The van der Waals surface area contributed by atoms with Crippen molar-refractivity contribution in [2.24, 2.45) is 4.99 Å². The number of carboxylic acids is 1. The van der Waals surface area contributed by atoms with Crippen LogP contribution in [-0.4, -0.2) is 36.9 Å². The van der Waals surface area contributed by atoms with Crippen LogP contribution in [0.15, 0.2) is 59.6 Å². The van der Waals surface area contributed by atoms with Gasteiger partial charge >= 0.3 is 5.97 Å². The second-order valence-electron chi connectivity index (χ2n) is 5.43. The molecule has 4 heteroatoms. The van der Waals surface area contributed by atoms with Crippen molar-refractivity contribution in [3.8, 4) is 0 Å². The molecule has 116 valence electrons. The van der Waals surface area contributed by atoms with Gasteiger partial charge in [-0.25, -0.2) is 4.79 Å². The van der Waals surface area contributed by atoms with Crippen molar-refractivity contribution in [1.82, 2.24) is 0 Å². The van der Waals surface area contributed by atoms with Crippen molar-refractivity contribution in [2.75, 3.05) is 25.0 Å². The molecule has 1 N–H and O–H groups in total. The van der Waals surface area contributed by atoms with Crippen LogP contribution >= 0.6 is 0 Å². The molecule has 0 radical (unpaired) electrons. The summed E-state index contributed by atoms with van der Waals surface area (Å²) in [4.78, 5) is 18.1. The molecule has 0 atom stereocenters. The van der Waals surface area contributed by atoms with E-state index in [0.29, 0.717) is 17.7 Å². The van der Waals surface area contributed by atoms with Gasteiger partial charge in [0, 0.05) is 24.8 Å². The third kappa shape index (κ3) is 3.16. The van der Waals surface area contributed by atoms with Gasteiger partial charge in [-0.15, -0.1) is 0 Å². The van der Waals surface area contributed by atoms with Crippen molar-refractivity contribution in [1.29, 1.82) is 0 Å². The Labute approximate surface area is 135 Å². The molecule has 1 heterocycles. The third-order valence-corrected chi connectivity index (χ3v) is 3.92. The normalized spacial score (nSPS) is 14.3. The van der Waals surface area contributed by atoms with E-state index in [1.54, 1.807) is 18.2 Å². The number of allylic oxidation sites excluding steroid dienone is 1. The lowest BCUT2D eigenvalue weighted by atomic mass is 10.0. The fraction of sp³-hybridized carbons (Fsp3) is 0.158. The van der Waals surface area contributed by atoms with Crippen LogP contribution < -0.4 is 4.90 Å². The van der Waals surface area contributed by atoms with E-state index in [-0.39, 0.29) is 0 Å². The molecule has 0 aromatic heterocycles. The molecular formula is C19H18N2O2. The Morgan fingerprint density at radius 2 is 1.87 bits per heavy atom. The van der Waals surface area contributed by atoms with Crippen molar-refractivity contribution in [3.05, 3.63) is 71.3 Å². The Morgan fingerprint density at radius 1 is 1.13 bits per heavy atom. The maximum Gasteiger partial charge on any atom is 0.336 e. The highest BCUT2D eigenvalue weighted by Gasteiger charge is 2.14. The zero-order valence-corrected chi connectivity index (χ0v) is 12.9. The Bertz CT molecular complexity index is 793. The second kappa shape index (κ2) is 6.48. The smallest absolute Gasteiger partial charge is 0.336 e. The molecule has 0 aliphatic carbocycles. The number of carbonyl (C=O) groups is 1. The molecule has 23 heavy (non-hydrogen) atoms. The number of likely N-dealkylation sites (N-methyl/N-ethyl adjacent to an activating group) is 1. The average molecular weight is 306 g/mol. The van der Waals surface area contributed by atoms with Crippen LogP contribution in [0, 0.1) is 0 Å². The van der Waals surface area contributed by atoms with Crippen LogP contribution in [0.1, 0.15) is 21.5 Å². The number of para-hydroxylation sites is 1. The zero-order chi connectivity index (χ0) is 16.2. The monoisotopic (exact) mass is 306 g/mol. The highest BCUT2D eigenvalue weighted by Crippen LogP contribution is 2.23. The Morgan fingerprint density at radius 3 is 2.70 bits per heavy atom. The molecule has 1 aliphatic heterocycles. The van der Waals surface area contributed by atoms with Gasteiger partial charge in [0.1, 0.15) is 0 Å². The van der Waals surface area contributed by atoms with Crippen molar-refractivity contribution >= 4 is 23.4 Å². The minimum Gasteiger partial charge on any atom is -0.478 e. The molecule has 4 nitrogen and oxygen atoms in total. The zero-order valence-electron chi connectivity index (χ0n) is 12.9. The van der Waals surface area contributed by atoms with E-state index in [4.69, 9.17) is 0 Å². The molecule has 1 aliphatic rings. The van der Waals surface area contributed by atoms with Crippen LogP contribution in [0.25, 0.3) is 6.08 Å². The quantitative estimate of drug-likeness (QED) is 0.946. The van der Waals surface area contributed by atoms with E-state index in [1.807, 2.05) is 36.4 Å². The summed E-state index contributed by atoms with van der Waals surface area (Å²) in [7, 11) is 2.06. The summed E-state index contributed by atoms with van der Waals surface area (Å²) in [5.74, 6) is -0.923. The van der Waals surface area contributed by atoms with E-state index in [1.165, 1.54) is 0 Å². The van der Waals surface area contributed by atoms with Crippen molar-refractivity contribution in [2.45, 2.75) is 0 Å². The lowest BCUT2D eigenvalue weighted by molar-refractivity contribution is 0.0696. The van der Waals surface area contributed by atoms with Gasteiger partial charge < -0.3 is 10.0 Å². The average Bonchev–Trinajstić information content (AvgIpc) is 2.73. The fourth-order valence-corrected chi connectivity index (χ4v) is 2.70. The number of nitrogens with zero attached hydrogens (tertiary/aromatic N) is 2. The van der Waals surface area contributed by atoms with Crippen molar-refractivity contribution < 1.29 is 9.90 Å². The first kappa shape index (κ1) is 15.0. The highest BCUT2D eigenvalue weighted by molar-refractivity contribution is 6.14. The second-order valence-corrected chi connectivity index (χ2v) is 5.43. The first-order valence-electron chi connectivity index (χ1n) is 7.52. The molecular weight excluding hydrogens is 288 g/mol. The van der Waals surface area contributed by atoms with E-state index >= 15 is 0 Å². The van der Waals surface area contributed by atoms with Gasteiger partial charge in [-0.3, -0.25) is 4.99 Å². The van der Waals surface area contributed by atoms with E-state index < -0.39 is 5.97 Å². The predicted octanol–water partition coefficient (Wildman–Crippen LogP) is 3.34. The molecule has 0 bridgehead atoms. The highest BCUT2D eigenvalue weighted by atomic mass is 16.4. The van der Waals surface area contributed by atoms with E-state index in [9.17, 15) is 9.90 Å². The van der Waals surface area contributed by atoms with Gasteiger partial charge in [0.25, 0.3) is 0 Å². The Hall–Kier alpha value is -2.88. The van der Waals surface area contributed by atoms with Gasteiger partial charge in [0.15, 0.2) is 0 Å². The largest absolute Gasteiger partial charge is 0.478 e. The maximum absolute atomic E-state index is 11.3. The lowest BCUT2D eigenvalue weighted by Crippen LogP contribution is -2.20. The van der Waals surface area contributed by atoms with Crippen LogP contribution in [0.5, 0.6) is 0 Å². The van der Waals surface area contributed by atoms with Crippen LogP contribution in [0.4, 0.5) is 5.69 Å². The number of aliphatic imine (C=N–C) groups is 1. The molecule has 3 rings (SSSR count). The van der Waals surface area contributed by atoms with Gasteiger partial charge in [-0.05, 0) is 23.8 Å². The number of anilines is 1. The minimum absolute atomic E-state index is 0.295. The standard InChI is InChI=1S/C19H18N2O2/c1-21-13-12-20-17(16-8-4-5-9-18(16)21)11-10-14-6-2-3-7-15(14)19(22)23/h2-11H,12-13H2,1H3,(H,22,23)/b11-10+. The summed E-state index contributed by atoms with van der Waals surface area (Å²) in [6.07, 6.45) is 3.73. The summed E-state index contributed by atoms with van der Waals surface area (Å²) in [5.41, 5.74) is 4.06. The molecule has 0 amide bonds. The number of hydrogen-bond donors (Lipinski definition) is 1. The Balaban J connectivity index is 1.99. The molecule has 0 unspecified atom stereocenters. The first-order chi connectivity index (χ1) is 11.2. The number of benzene rings is 2. The summed E-state index contributed by atoms with van der Waals surface area (Å²) >= 11 is 0. The summed E-state index contributed by atoms with van der Waals surface area (Å²) in [6.45, 7) is 1.57.